The van der Waals surface area contributed by atoms with E-state index in [0.717, 1.165) is 0 Å². The van der Waals surface area contributed by atoms with Gasteiger partial charge in [0, 0.05) is 23.0 Å². The van der Waals surface area contributed by atoms with Gasteiger partial charge in [0.15, 0.2) is 6.10 Å². The Bertz CT molecular complexity index is 1090. The zero-order valence-electron chi connectivity index (χ0n) is 15.4. The van der Waals surface area contributed by atoms with Gasteiger partial charge in [-0.2, -0.15) is 9.71 Å². The Morgan fingerprint density at radius 3 is 2.59 bits per heavy atom. The molecule has 0 bridgehead atoms. The first-order chi connectivity index (χ1) is 13.8. The van der Waals surface area contributed by atoms with Crippen LogP contribution in [0.1, 0.15) is 25.8 Å². The number of aromatic nitrogens is 3. The van der Waals surface area contributed by atoms with Gasteiger partial charge in [-0.1, -0.05) is 16.8 Å². The first-order valence-electron chi connectivity index (χ1n) is 8.48. The number of ether oxygens (including phenoxy) is 1. The number of esters is 1. The van der Waals surface area contributed by atoms with Crippen molar-refractivity contribution in [3.63, 3.8) is 0 Å². The summed E-state index contributed by atoms with van der Waals surface area (Å²) in [6.45, 7) is 2.91. The van der Waals surface area contributed by atoms with Gasteiger partial charge in [-0.15, -0.1) is 0 Å². The number of nitrogens with one attached hydrogen (secondary N) is 1. The van der Waals surface area contributed by atoms with E-state index in [0.29, 0.717) is 16.4 Å². The normalized spacial score (nSPS) is 13.6. The van der Waals surface area contributed by atoms with Crippen LogP contribution < -0.4 is 4.72 Å². The Morgan fingerprint density at radius 1 is 1.21 bits per heavy atom. The molecule has 0 aliphatic rings. The van der Waals surface area contributed by atoms with Crippen molar-refractivity contribution in [1.29, 1.82) is 0 Å². The number of nitrogens with zero attached hydrogens (tertiary/aromatic N) is 3. The average molecular weight is 437 g/mol. The molecule has 9 nitrogen and oxygen atoms in total. The number of halogens is 1. The molecule has 0 aliphatic heterocycles. The van der Waals surface area contributed by atoms with E-state index >= 15 is 0 Å². The van der Waals surface area contributed by atoms with Crippen LogP contribution in [0.15, 0.2) is 58.2 Å². The smallest absolute Gasteiger partial charge is 0.324 e. The van der Waals surface area contributed by atoms with E-state index in [4.69, 9.17) is 20.9 Å². The summed E-state index contributed by atoms with van der Waals surface area (Å²) < 4.78 is 37.4. The van der Waals surface area contributed by atoms with Crippen LogP contribution in [0.5, 0.6) is 0 Å². The molecular formula is C18H17ClN4O5S. The molecule has 0 saturated heterocycles. The monoisotopic (exact) mass is 436 g/mol. The van der Waals surface area contributed by atoms with E-state index in [1.54, 1.807) is 31.5 Å². The highest BCUT2D eigenvalue weighted by Gasteiger charge is 2.26. The Hall–Kier alpha value is -2.82. The summed E-state index contributed by atoms with van der Waals surface area (Å²) in [5.74, 6) is -0.423. The molecule has 11 heteroatoms. The van der Waals surface area contributed by atoms with Crippen LogP contribution >= 0.6 is 11.6 Å². The van der Waals surface area contributed by atoms with Crippen molar-refractivity contribution in [3.8, 4) is 11.4 Å². The molecule has 1 unspecified atom stereocenters. The van der Waals surface area contributed by atoms with E-state index < -0.39 is 28.1 Å². The number of hydrogen-bond donors (Lipinski definition) is 1. The van der Waals surface area contributed by atoms with Crippen LogP contribution in [0.2, 0.25) is 5.02 Å². The van der Waals surface area contributed by atoms with Gasteiger partial charge in [0.2, 0.25) is 15.8 Å². The molecule has 2 aromatic heterocycles. The molecule has 3 aromatic rings. The fraction of sp³-hybridized carbons (Fsp3) is 0.222. The van der Waals surface area contributed by atoms with Crippen molar-refractivity contribution in [1.82, 2.24) is 19.8 Å². The summed E-state index contributed by atoms with van der Waals surface area (Å²) in [6.07, 6.45) is 2.31. The van der Waals surface area contributed by atoms with E-state index in [-0.39, 0.29) is 10.8 Å². The maximum atomic E-state index is 12.4. The molecule has 3 rings (SSSR count). The zero-order chi connectivity index (χ0) is 21.0. The van der Waals surface area contributed by atoms with Crippen molar-refractivity contribution in [2.45, 2.75) is 30.9 Å². The first-order valence-corrected chi connectivity index (χ1v) is 10.3. The lowest BCUT2D eigenvalue weighted by atomic mass is 10.3. The molecular weight excluding hydrogens is 420 g/mol. The fourth-order valence-electron chi connectivity index (χ4n) is 2.30. The second-order valence-electron chi connectivity index (χ2n) is 6.07. The van der Waals surface area contributed by atoms with Gasteiger partial charge < -0.3 is 9.26 Å². The Labute approximate surface area is 172 Å². The predicted octanol–water partition coefficient (Wildman–Crippen LogP) is 2.76. The average Bonchev–Trinajstić information content (AvgIpc) is 3.19. The van der Waals surface area contributed by atoms with Crippen LogP contribution in [-0.2, 0) is 19.6 Å². The summed E-state index contributed by atoms with van der Waals surface area (Å²) in [5, 5.41) is 4.22. The second kappa shape index (κ2) is 8.68. The van der Waals surface area contributed by atoms with Crippen molar-refractivity contribution in [3.05, 3.63) is 59.7 Å². The fourth-order valence-corrected chi connectivity index (χ4v) is 3.62. The molecule has 29 heavy (non-hydrogen) atoms. The quantitative estimate of drug-likeness (QED) is 0.560. The van der Waals surface area contributed by atoms with Gasteiger partial charge in [0.25, 0.3) is 5.89 Å². The number of sulfonamides is 1. The summed E-state index contributed by atoms with van der Waals surface area (Å²) >= 11 is 5.76. The van der Waals surface area contributed by atoms with Gasteiger partial charge in [-0.05, 0) is 50.2 Å². The Morgan fingerprint density at radius 2 is 1.93 bits per heavy atom. The summed E-state index contributed by atoms with van der Waals surface area (Å²) in [5.41, 5.74) is 0.644. The molecule has 0 fully saturated rings. The summed E-state index contributed by atoms with van der Waals surface area (Å²) in [6, 6.07) is 7.90. The molecule has 0 spiro atoms. The molecule has 1 aromatic carbocycles. The Balaban J connectivity index is 1.63. The number of carbonyl (C=O) groups excluding carboxylic acids is 1. The summed E-state index contributed by atoms with van der Waals surface area (Å²) in [7, 11) is -3.92. The molecule has 152 valence electrons. The number of hydrogen-bond acceptors (Lipinski definition) is 8. The molecule has 0 radical (unpaired) electrons. The topological polar surface area (TPSA) is 124 Å². The van der Waals surface area contributed by atoms with Crippen molar-refractivity contribution < 1.29 is 22.5 Å². The molecule has 0 aliphatic carbocycles. The highest BCUT2D eigenvalue weighted by Crippen LogP contribution is 2.20. The van der Waals surface area contributed by atoms with E-state index in [1.807, 2.05) is 0 Å². The van der Waals surface area contributed by atoms with E-state index in [2.05, 4.69) is 19.8 Å². The van der Waals surface area contributed by atoms with Crippen LogP contribution in [0, 0.1) is 0 Å². The number of benzene rings is 1. The zero-order valence-corrected chi connectivity index (χ0v) is 17.0. The third-order valence-electron chi connectivity index (χ3n) is 3.81. The van der Waals surface area contributed by atoms with Gasteiger partial charge in [-0.3, -0.25) is 9.78 Å². The molecule has 0 amide bonds. The lowest BCUT2D eigenvalue weighted by molar-refractivity contribution is -0.151. The minimum absolute atomic E-state index is 0.0207. The van der Waals surface area contributed by atoms with Gasteiger partial charge in [-0.25, -0.2) is 8.42 Å². The standard InChI is InChI=1S/C18H17ClN4O5S/c1-11(23-29(25,26)15-7-5-14(19)6-8-15)18(24)27-12(2)17-21-16(22-28-17)13-4-3-9-20-10-13/h3-12,23H,1-2H3/t11-,12?/m0/s1. The van der Waals surface area contributed by atoms with E-state index in [1.165, 1.54) is 31.2 Å². The van der Waals surface area contributed by atoms with Crippen molar-refractivity contribution >= 4 is 27.6 Å². The van der Waals surface area contributed by atoms with Crippen LogP contribution in [-0.4, -0.2) is 35.6 Å². The van der Waals surface area contributed by atoms with E-state index in [9.17, 15) is 13.2 Å². The predicted molar refractivity (Wildman–Crippen MR) is 103 cm³/mol. The van der Waals surface area contributed by atoms with Crippen LogP contribution in [0.25, 0.3) is 11.4 Å². The van der Waals surface area contributed by atoms with Crippen LogP contribution in [0.3, 0.4) is 0 Å². The third kappa shape index (κ3) is 5.17. The lowest BCUT2D eigenvalue weighted by Crippen LogP contribution is -2.39. The largest absolute Gasteiger partial charge is 0.451 e. The molecule has 2 heterocycles. The number of pyridine rings is 1. The maximum Gasteiger partial charge on any atom is 0.324 e. The van der Waals surface area contributed by atoms with Crippen molar-refractivity contribution in [2.24, 2.45) is 0 Å². The minimum Gasteiger partial charge on any atom is -0.451 e. The highest BCUT2D eigenvalue weighted by atomic mass is 35.5. The minimum atomic E-state index is -3.92. The summed E-state index contributed by atoms with van der Waals surface area (Å²) in [4.78, 5) is 20.4. The lowest BCUT2D eigenvalue weighted by Gasteiger charge is -2.16. The highest BCUT2D eigenvalue weighted by molar-refractivity contribution is 7.89. The maximum absolute atomic E-state index is 12.4. The third-order valence-corrected chi connectivity index (χ3v) is 5.62. The molecule has 1 N–H and O–H groups in total. The Kier molecular flexibility index (Phi) is 6.26. The van der Waals surface area contributed by atoms with Gasteiger partial charge in [0.05, 0.1) is 4.90 Å². The van der Waals surface area contributed by atoms with Gasteiger partial charge in [0.1, 0.15) is 6.04 Å². The molecule has 2 atom stereocenters. The first kappa shape index (κ1) is 20.9. The number of rotatable bonds is 7. The number of carbonyl (C=O) groups is 1. The molecule has 0 saturated carbocycles. The van der Waals surface area contributed by atoms with Gasteiger partial charge >= 0.3 is 5.97 Å². The van der Waals surface area contributed by atoms with Crippen LogP contribution in [0.4, 0.5) is 0 Å². The van der Waals surface area contributed by atoms with Crippen molar-refractivity contribution in [2.75, 3.05) is 0 Å². The second-order valence-corrected chi connectivity index (χ2v) is 8.22. The SMILES string of the molecule is CC(OC(=O)[C@H](C)NS(=O)(=O)c1ccc(Cl)cc1)c1nc(-c2cccnc2)no1.